The van der Waals surface area contributed by atoms with Crippen molar-refractivity contribution >= 4 is 11.3 Å². The van der Waals surface area contributed by atoms with E-state index in [0.29, 0.717) is 0 Å². The number of aromatic nitrogens is 1. The van der Waals surface area contributed by atoms with Crippen molar-refractivity contribution in [3.05, 3.63) is 41.2 Å². The van der Waals surface area contributed by atoms with Crippen LogP contribution in [0, 0.1) is 6.20 Å². The topological polar surface area (TPSA) is 12.9 Å². The van der Waals surface area contributed by atoms with E-state index < -0.39 is 0 Å². The van der Waals surface area contributed by atoms with Gasteiger partial charge in [0.25, 0.3) is 0 Å². The van der Waals surface area contributed by atoms with Crippen LogP contribution in [0.2, 0.25) is 0 Å². The Labute approximate surface area is 69.3 Å². The van der Waals surface area contributed by atoms with Crippen molar-refractivity contribution in [2.24, 2.45) is 0 Å². The molecule has 1 radical (unpaired) electrons. The SMILES string of the molecule is [c]1cccc(-c2ccsc2)n1. The van der Waals surface area contributed by atoms with Gasteiger partial charge < -0.3 is 0 Å². The molecule has 0 aliphatic heterocycles. The Morgan fingerprint density at radius 1 is 1.36 bits per heavy atom. The van der Waals surface area contributed by atoms with Gasteiger partial charge in [-0.15, -0.1) is 0 Å². The highest BCUT2D eigenvalue weighted by Crippen LogP contribution is 2.18. The summed E-state index contributed by atoms with van der Waals surface area (Å²) in [6.07, 6.45) is 2.80. The van der Waals surface area contributed by atoms with Crippen LogP contribution in [0.5, 0.6) is 0 Å². The Hall–Kier alpha value is -1.15. The monoisotopic (exact) mass is 160 g/mol. The van der Waals surface area contributed by atoms with E-state index in [-0.39, 0.29) is 0 Å². The fourth-order valence-electron chi connectivity index (χ4n) is 0.897. The second-order valence-corrected chi connectivity index (χ2v) is 2.94. The molecular formula is C9H6NS. The van der Waals surface area contributed by atoms with Gasteiger partial charge in [-0.2, -0.15) is 11.3 Å². The second kappa shape index (κ2) is 2.84. The van der Waals surface area contributed by atoms with E-state index in [1.54, 1.807) is 17.4 Å². The average molecular weight is 160 g/mol. The molecule has 0 spiro atoms. The highest BCUT2D eigenvalue weighted by Gasteiger charge is 1.95. The van der Waals surface area contributed by atoms with Gasteiger partial charge in [-0.1, -0.05) is 6.07 Å². The van der Waals surface area contributed by atoms with Crippen LogP contribution in [0.1, 0.15) is 0 Å². The molecule has 0 aromatic carbocycles. The van der Waals surface area contributed by atoms with Gasteiger partial charge in [-0.05, 0) is 23.6 Å². The first kappa shape index (κ1) is 6.55. The Kier molecular flexibility index (Phi) is 1.69. The van der Waals surface area contributed by atoms with Gasteiger partial charge in [0.2, 0.25) is 0 Å². The summed E-state index contributed by atoms with van der Waals surface area (Å²) in [7, 11) is 0. The van der Waals surface area contributed by atoms with Crippen molar-refractivity contribution in [3.8, 4) is 11.3 Å². The maximum atomic E-state index is 4.10. The van der Waals surface area contributed by atoms with Gasteiger partial charge in [-0.3, -0.25) is 0 Å². The van der Waals surface area contributed by atoms with Gasteiger partial charge in [0.15, 0.2) is 0 Å². The molecule has 0 fully saturated rings. The fourth-order valence-corrected chi connectivity index (χ4v) is 1.55. The lowest BCUT2D eigenvalue weighted by Gasteiger charge is -1.91. The molecule has 0 unspecified atom stereocenters. The lowest BCUT2D eigenvalue weighted by atomic mass is 10.2. The first-order valence-electron chi connectivity index (χ1n) is 3.32. The Bertz CT molecular complexity index is 313. The lowest BCUT2D eigenvalue weighted by Crippen LogP contribution is -1.77. The largest absolute Gasteiger partial charge is 0.246 e. The van der Waals surface area contributed by atoms with E-state index in [4.69, 9.17) is 0 Å². The number of thiophene rings is 1. The molecule has 2 heterocycles. The number of rotatable bonds is 1. The highest BCUT2D eigenvalue weighted by atomic mass is 32.1. The molecular weight excluding hydrogens is 154 g/mol. The summed E-state index contributed by atoms with van der Waals surface area (Å²) in [5.74, 6) is 0. The van der Waals surface area contributed by atoms with E-state index in [1.165, 1.54) is 5.56 Å². The van der Waals surface area contributed by atoms with Crippen molar-refractivity contribution in [2.75, 3.05) is 0 Å². The summed E-state index contributed by atoms with van der Waals surface area (Å²) in [6.45, 7) is 0. The maximum Gasteiger partial charge on any atom is 0.0893 e. The summed E-state index contributed by atoms with van der Waals surface area (Å²) >= 11 is 1.68. The highest BCUT2D eigenvalue weighted by molar-refractivity contribution is 7.08. The van der Waals surface area contributed by atoms with Gasteiger partial charge in [0, 0.05) is 10.9 Å². The summed E-state index contributed by atoms with van der Waals surface area (Å²) in [5, 5.41) is 4.13. The zero-order valence-corrected chi connectivity index (χ0v) is 6.64. The van der Waals surface area contributed by atoms with Crippen LogP contribution >= 0.6 is 11.3 Å². The summed E-state index contributed by atoms with van der Waals surface area (Å²) < 4.78 is 0. The van der Waals surface area contributed by atoms with Crippen molar-refractivity contribution in [2.45, 2.75) is 0 Å². The first-order valence-corrected chi connectivity index (χ1v) is 4.27. The second-order valence-electron chi connectivity index (χ2n) is 2.16. The third kappa shape index (κ3) is 1.30. The summed E-state index contributed by atoms with van der Waals surface area (Å²) in [6, 6.07) is 7.79. The van der Waals surface area contributed by atoms with Crippen molar-refractivity contribution in [1.29, 1.82) is 0 Å². The Morgan fingerprint density at radius 2 is 2.36 bits per heavy atom. The van der Waals surface area contributed by atoms with Crippen LogP contribution in [-0.4, -0.2) is 4.98 Å². The third-order valence-corrected chi connectivity index (χ3v) is 2.11. The zero-order valence-electron chi connectivity index (χ0n) is 5.82. The average Bonchev–Trinajstić information content (AvgIpc) is 2.58. The quantitative estimate of drug-likeness (QED) is 0.625. The lowest BCUT2D eigenvalue weighted by molar-refractivity contribution is 1.32. The third-order valence-electron chi connectivity index (χ3n) is 1.43. The zero-order chi connectivity index (χ0) is 7.52. The van der Waals surface area contributed by atoms with Crippen LogP contribution in [0.4, 0.5) is 0 Å². The van der Waals surface area contributed by atoms with Crippen LogP contribution in [0.25, 0.3) is 11.3 Å². The minimum Gasteiger partial charge on any atom is -0.246 e. The van der Waals surface area contributed by atoms with Crippen molar-refractivity contribution < 1.29 is 0 Å². The smallest absolute Gasteiger partial charge is 0.0893 e. The Morgan fingerprint density at radius 3 is 3.00 bits per heavy atom. The Balaban J connectivity index is 2.46. The molecule has 2 aromatic rings. The van der Waals surface area contributed by atoms with Crippen molar-refractivity contribution in [3.63, 3.8) is 0 Å². The minimum absolute atomic E-state index is 0.994. The molecule has 0 saturated heterocycles. The predicted molar refractivity (Wildman–Crippen MR) is 46.4 cm³/mol. The van der Waals surface area contributed by atoms with Crippen molar-refractivity contribution in [1.82, 2.24) is 4.98 Å². The molecule has 1 nitrogen and oxygen atoms in total. The molecule has 0 aliphatic carbocycles. The number of nitrogens with zero attached hydrogens (tertiary/aromatic N) is 1. The van der Waals surface area contributed by atoms with E-state index in [9.17, 15) is 0 Å². The molecule has 0 atom stereocenters. The van der Waals surface area contributed by atoms with Gasteiger partial charge in [0.1, 0.15) is 0 Å². The van der Waals surface area contributed by atoms with Crippen LogP contribution in [0.15, 0.2) is 35.0 Å². The first-order chi connectivity index (χ1) is 5.47. The van der Waals surface area contributed by atoms with Crippen LogP contribution < -0.4 is 0 Å². The van der Waals surface area contributed by atoms with E-state index in [0.717, 1.165) is 5.69 Å². The minimum atomic E-state index is 0.994. The molecule has 2 aromatic heterocycles. The molecule has 0 amide bonds. The molecule has 2 heteroatoms. The maximum absolute atomic E-state index is 4.10. The summed E-state index contributed by atoms with van der Waals surface area (Å²) in [4.78, 5) is 4.10. The molecule has 11 heavy (non-hydrogen) atoms. The predicted octanol–water partition coefficient (Wildman–Crippen LogP) is 2.61. The normalized spacial score (nSPS) is 9.82. The molecule has 2 rings (SSSR count). The van der Waals surface area contributed by atoms with Gasteiger partial charge >= 0.3 is 0 Å². The number of hydrogen-bond donors (Lipinski definition) is 0. The van der Waals surface area contributed by atoms with E-state index >= 15 is 0 Å². The van der Waals surface area contributed by atoms with E-state index in [1.807, 2.05) is 17.5 Å². The fraction of sp³-hybridized carbons (Fsp3) is 0. The van der Waals surface area contributed by atoms with Crippen LogP contribution in [0.3, 0.4) is 0 Å². The summed E-state index contributed by atoms with van der Waals surface area (Å²) in [5.41, 5.74) is 2.17. The molecule has 0 aliphatic rings. The number of hydrogen-bond acceptors (Lipinski definition) is 2. The molecule has 0 bridgehead atoms. The molecule has 0 N–H and O–H groups in total. The molecule has 0 saturated carbocycles. The molecule has 53 valence electrons. The standard InChI is InChI=1S/C9H6NS/c1-2-5-10-9(3-1)8-4-6-11-7-8/h1-4,6-7H. The van der Waals surface area contributed by atoms with Gasteiger partial charge in [-0.25, -0.2) is 4.98 Å². The van der Waals surface area contributed by atoms with Gasteiger partial charge in [0.05, 0.1) is 11.9 Å². The number of pyridine rings is 1. The van der Waals surface area contributed by atoms with E-state index in [2.05, 4.69) is 22.6 Å². The van der Waals surface area contributed by atoms with Crippen LogP contribution in [-0.2, 0) is 0 Å².